The van der Waals surface area contributed by atoms with Gasteiger partial charge in [-0.25, -0.2) is 0 Å². The Balaban J connectivity index is 2.05. The van der Waals surface area contributed by atoms with Gasteiger partial charge in [0.05, 0.1) is 5.60 Å². The monoisotopic (exact) mass is 262 g/mol. The van der Waals surface area contributed by atoms with E-state index in [9.17, 15) is 0 Å². The maximum Gasteiger partial charge on any atom is 0.0731 e. The summed E-state index contributed by atoms with van der Waals surface area (Å²) in [7, 11) is 4.00. The molecule has 106 valence electrons. The van der Waals surface area contributed by atoms with Gasteiger partial charge in [-0.1, -0.05) is 26.0 Å². The molecule has 2 N–H and O–H groups in total. The number of nitrogens with two attached hydrogens (primary N) is 1. The van der Waals surface area contributed by atoms with Gasteiger partial charge in [0.25, 0.3) is 0 Å². The SMILES string of the molecule is COC1(C)CC(N(C)Cc2cccc(N)c2)C1(C)C. The van der Waals surface area contributed by atoms with Gasteiger partial charge in [0, 0.05) is 30.8 Å². The van der Waals surface area contributed by atoms with E-state index in [1.807, 2.05) is 19.2 Å². The van der Waals surface area contributed by atoms with E-state index in [1.54, 1.807) is 0 Å². The van der Waals surface area contributed by atoms with Crippen LogP contribution in [0.5, 0.6) is 0 Å². The lowest BCUT2D eigenvalue weighted by Crippen LogP contribution is -2.67. The number of benzene rings is 1. The van der Waals surface area contributed by atoms with E-state index in [4.69, 9.17) is 10.5 Å². The third-order valence-electron chi connectivity index (χ3n) is 5.14. The van der Waals surface area contributed by atoms with Crippen LogP contribution in [0.2, 0.25) is 0 Å². The largest absolute Gasteiger partial charge is 0.399 e. The van der Waals surface area contributed by atoms with Crippen LogP contribution in [-0.2, 0) is 11.3 Å². The van der Waals surface area contributed by atoms with E-state index >= 15 is 0 Å². The average molecular weight is 262 g/mol. The normalized spacial score (nSPS) is 29.3. The topological polar surface area (TPSA) is 38.5 Å². The highest BCUT2D eigenvalue weighted by molar-refractivity contribution is 5.40. The van der Waals surface area contributed by atoms with E-state index in [0.29, 0.717) is 6.04 Å². The fraction of sp³-hybridized carbons (Fsp3) is 0.625. The first kappa shape index (κ1) is 14.4. The van der Waals surface area contributed by atoms with Gasteiger partial charge in [-0.2, -0.15) is 0 Å². The number of ether oxygens (including phenoxy) is 1. The summed E-state index contributed by atoms with van der Waals surface area (Å²) in [4.78, 5) is 2.41. The summed E-state index contributed by atoms with van der Waals surface area (Å²) in [6.07, 6.45) is 1.08. The van der Waals surface area contributed by atoms with Gasteiger partial charge >= 0.3 is 0 Å². The minimum Gasteiger partial charge on any atom is -0.399 e. The Hall–Kier alpha value is -1.06. The van der Waals surface area contributed by atoms with Crippen LogP contribution < -0.4 is 5.73 Å². The summed E-state index contributed by atoms with van der Waals surface area (Å²) >= 11 is 0. The summed E-state index contributed by atoms with van der Waals surface area (Å²) in [5.74, 6) is 0. The molecular formula is C16H26N2O. The van der Waals surface area contributed by atoms with Crippen LogP contribution >= 0.6 is 0 Å². The quantitative estimate of drug-likeness (QED) is 0.848. The molecule has 0 aromatic heterocycles. The molecule has 19 heavy (non-hydrogen) atoms. The van der Waals surface area contributed by atoms with Gasteiger partial charge in [-0.15, -0.1) is 0 Å². The molecule has 2 unspecified atom stereocenters. The molecule has 1 fully saturated rings. The molecule has 0 amide bonds. The third-order valence-corrected chi connectivity index (χ3v) is 5.14. The predicted molar refractivity (Wildman–Crippen MR) is 79.9 cm³/mol. The van der Waals surface area contributed by atoms with E-state index < -0.39 is 0 Å². The number of methoxy groups -OCH3 is 1. The Bertz CT molecular complexity index is 458. The van der Waals surface area contributed by atoms with E-state index in [1.165, 1.54) is 5.56 Å². The second-order valence-corrected chi connectivity index (χ2v) is 6.54. The van der Waals surface area contributed by atoms with E-state index in [0.717, 1.165) is 18.7 Å². The van der Waals surface area contributed by atoms with E-state index in [2.05, 4.69) is 44.9 Å². The smallest absolute Gasteiger partial charge is 0.0731 e. The molecule has 0 spiro atoms. The Morgan fingerprint density at radius 2 is 2.05 bits per heavy atom. The highest BCUT2D eigenvalue weighted by atomic mass is 16.5. The lowest BCUT2D eigenvalue weighted by molar-refractivity contribution is -0.207. The minimum atomic E-state index is -0.0123. The zero-order chi connectivity index (χ0) is 14.3. The first-order valence-corrected chi connectivity index (χ1v) is 6.90. The third kappa shape index (κ3) is 2.37. The zero-order valence-corrected chi connectivity index (χ0v) is 12.7. The molecule has 0 aliphatic heterocycles. The molecule has 1 aromatic rings. The maximum atomic E-state index is 5.84. The molecule has 0 heterocycles. The van der Waals surface area contributed by atoms with Crippen molar-refractivity contribution in [3.63, 3.8) is 0 Å². The highest BCUT2D eigenvalue weighted by Gasteiger charge is 2.58. The maximum absolute atomic E-state index is 5.84. The number of nitrogen functional groups attached to an aromatic ring is 1. The van der Waals surface area contributed by atoms with Gasteiger partial charge in [0.15, 0.2) is 0 Å². The molecule has 3 nitrogen and oxygen atoms in total. The number of anilines is 1. The predicted octanol–water partition coefficient (Wildman–Crippen LogP) is 2.90. The second kappa shape index (κ2) is 4.80. The molecule has 2 rings (SSSR count). The molecule has 0 radical (unpaired) electrons. The highest BCUT2D eigenvalue weighted by Crippen LogP contribution is 2.53. The van der Waals surface area contributed by atoms with Gasteiger partial charge < -0.3 is 10.5 Å². The molecule has 1 aliphatic rings. The first-order valence-electron chi connectivity index (χ1n) is 6.90. The molecule has 0 saturated heterocycles. The molecule has 0 bridgehead atoms. The molecule has 1 aliphatic carbocycles. The number of hydrogen-bond acceptors (Lipinski definition) is 3. The van der Waals surface area contributed by atoms with Crippen LogP contribution in [0.4, 0.5) is 5.69 Å². The first-order chi connectivity index (χ1) is 8.80. The Morgan fingerprint density at radius 3 is 2.58 bits per heavy atom. The number of hydrogen-bond donors (Lipinski definition) is 1. The van der Waals surface area contributed by atoms with Gasteiger partial charge in [-0.05, 0) is 38.1 Å². The van der Waals surface area contributed by atoms with Crippen LogP contribution in [0.3, 0.4) is 0 Å². The van der Waals surface area contributed by atoms with Crippen LogP contribution in [0, 0.1) is 5.41 Å². The second-order valence-electron chi connectivity index (χ2n) is 6.54. The standard InChI is InChI=1S/C16H26N2O/c1-15(2)14(10-16(15,3)19-5)18(4)11-12-7-6-8-13(17)9-12/h6-9,14H,10-11,17H2,1-5H3. The van der Waals surface area contributed by atoms with Crippen LogP contribution in [0.15, 0.2) is 24.3 Å². The van der Waals surface area contributed by atoms with Crippen molar-refractivity contribution >= 4 is 5.69 Å². The van der Waals surface area contributed by atoms with Crippen LogP contribution in [-0.4, -0.2) is 30.7 Å². The van der Waals surface area contributed by atoms with Gasteiger partial charge in [0.2, 0.25) is 0 Å². The van der Waals surface area contributed by atoms with Gasteiger partial charge in [-0.3, -0.25) is 4.90 Å². The molecule has 2 atom stereocenters. The Labute approximate surface area is 116 Å². The van der Waals surface area contributed by atoms with Crippen molar-refractivity contribution < 1.29 is 4.74 Å². The number of rotatable bonds is 4. The van der Waals surface area contributed by atoms with Crippen LogP contribution in [0.1, 0.15) is 32.8 Å². The van der Waals surface area contributed by atoms with Crippen molar-refractivity contribution in [2.24, 2.45) is 5.41 Å². The Kier molecular flexibility index (Phi) is 3.63. The van der Waals surface area contributed by atoms with Crippen molar-refractivity contribution in [2.45, 2.75) is 45.4 Å². The summed E-state index contributed by atoms with van der Waals surface area (Å²) < 4.78 is 5.69. The van der Waals surface area contributed by atoms with Crippen molar-refractivity contribution in [2.75, 3.05) is 19.9 Å². The number of nitrogens with zero attached hydrogens (tertiary/aromatic N) is 1. The minimum absolute atomic E-state index is 0.0123. The molecule has 3 heteroatoms. The summed E-state index contributed by atoms with van der Waals surface area (Å²) in [5, 5.41) is 0. The van der Waals surface area contributed by atoms with Crippen molar-refractivity contribution in [3.8, 4) is 0 Å². The molecule has 1 aromatic carbocycles. The van der Waals surface area contributed by atoms with Crippen molar-refractivity contribution in [3.05, 3.63) is 29.8 Å². The van der Waals surface area contributed by atoms with Crippen LogP contribution in [0.25, 0.3) is 0 Å². The average Bonchev–Trinajstić information content (AvgIpc) is 2.35. The van der Waals surface area contributed by atoms with E-state index in [-0.39, 0.29) is 11.0 Å². The lowest BCUT2D eigenvalue weighted by atomic mass is 9.55. The van der Waals surface area contributed by atoms with Crippen molar-refractivity contribution in [1.82, 2.24) is 4.90 Å². The fourth-order valence-electron chi connectivity index (χ4n) is 3.25. The lowest BCUT2D eigenvalue weighted by Gasteiger charge is -2.61. The summed E-state index contributed by atoms with van der Waals surface area (Å²) in [6, 6.07) is 8.67. The molecular weight excluding hydrogens is 236 g/mol. The van der Waals surface area contributed by atoms with Crippen molar-refractivity contribution in [1.29, 1.82) is 0 Å². The Morgan fingerprint density at radius 1 is 1.37 bits per heavy atom. The zero-order valence-electron chi connectivity index (χ0n) is 12.7. The molecule has 1 saturated carbocycles. The van der Waals surface area contributed by atoms with Gasteiger partial charge in [0.1, 0.15) is 0 Å². The summed E-state index contributed by atoms with van der Waals surface area (Å²) in [6.45, 7) is 7.72. The summed E-state index contributed by atoms with van der Waals surface area (Å²) in [5.41, 5.74) is 8.09. The fourth-order valence-corrected chi connectivity index (χ4v) is 3.25.